The van der Waals surface area contributed by atoms with Crippen LogP contribution in [0.4, 0.5) is 5.69 Å². The van der Waals surface area contributed by atoms with E-state index in [1.54, 1.807) is 11.3 Å². The smallest absolute Gasteiger partial charge is 0.279 e. The second kappa shape index (κ2) is 10.7. The molecule has 0 bridgehead atoms. The highest BCUT2D eigenvalue weighted by Gasteiger charge is 2.27. The molecule has 1 aromatic heterocycles. The van der Waals surface area contributed by atoms with Crippen LogP contribution in [0.2, 0.25) is 0 Å². The SMILES string of the molecule is CCc1ccccc1NC(=O)C[NH+]1CCN(C(=O)C[NH+](C)Cc2sccc2C)CC1. The van der Waals surface area contributed by atoms with Gasteiger partial charge in [0.25, 0.3) is 11.8 Å². The molecule has 1 unspecified atom stereocenters. The Labute approximate surface area is 183 Å². The highest BCUT2D eigenvalue weighted by molar-refractivity contribution is 7.10. The highest BCUT2D eigenvalue weighted by atomic mass is 32.1. The molecule has 1 fully saturated rings. The summed E-state index contributed by atoms with van der Waals surface area (Å²) in [5, 5.41) is 5.16. The van der Waals surface area contributed by atoms with E-state index in [2.05, 4.69) is 37.7 Å². The van der Waals surface area contributed by atoms with Gasteiger partial charge in [0.15, 0.2) is 13.1 Å². The Morgan fingerprint density at radius 2 is 1.93 bits per heavy atom. The number of benzene rings is 1. The number of para-hydroxylation sites is 1. The van der Waals surface area contributed by atoms with E-state index in [1.807, 2.05) is 29.2 Å². The van der Waals surface area contributed by atoms with E-state index in [-0.39, 0.29) is 11.8 Å². The molecule has 1 atom stereocenters. The quantitative estimate of drug-likeness (QED) is 0.552. The Balaban J connectivity index is 1.41. The Hall–Kier alpha value is -2.22. The van der Waals surface area contributed by atoms with Gasteiger partial charge >= 0.3 is 0 Å². The molecule has 0 saturated carbocycles. The number of anilines is 1. The largest absolute Gasteiger partial charge is 0.327 e. The third kappa shape index (κ3) is 6.14. The Kier molecular flexibility index (Phi) is 8.01. The zero-order valence-electron chi connectivity index (χ0n) is 18.3. The first-order chi connectivity index (χ1) is 14.5. The summed E-state index contributed by atoms with van der Waals surface area (Å²) in [5.74, 6) is 0.253. The fourth-order valence-corrected chi connectivity index (χ4v) is 4.93. The van der Waals surface area contributed by atoms with Crippen LogP contribution in [0.5, 0.6) is 0 Å². The van der Waals surface area contributed by atoms with E-state index in [4.69, 9.17) is 0 Å². The molecular formula is C23H34N4O2S+2. The van der Waals surface area contributed by atoms with Crippen molar-refractivity contribution in [2.75, 3.05) is 51.6 Å². The van der Waals surface area contributed by atoms with E-state index in [1.165, 1.54) is 20.2 Å². The number of thiophene rings is 1. The summed E-state index contributed by atoms with van der Waals surface area (Å²) in [7, 11) is 2.08. The zero-order valence-corrected chi connectivity index (χ0v) is 19.1. The van der Waals surface area contributed by atoms with E-state index < -0.39 is 0 Å². The van der Waals surface area contributed by atoms with E-state index >= 15 is 0 Å². The number of nitrogens with zero attached hydrogens (tertiary/aromatic N) is 1. The van der Waals surface area contributed by atoms with Gasteiger partial charge in [0.05, 0.1) is 38.1 Å². The standard InChI is InChI=1S/C23H32N4O2S/c1-4-19-7-5-6-8-20(19)24-22(28)16-26-10-12-27(13-11-26)23(29)17-25(3)15-21-18(2)9-14-30-21/h5-9,14H,4,10-13,15-17H2,1-3H3,(H,24,28)/p+2. The van der Waals surface area contributed by atoms with Crippen molar-refractivity contribution < 1.29 is 19.4 Å². The maximum atomic E-state index is 12.7. The number of rotatable bonds is 8. The zero-order chi connectivity index (χ0) is 21.5. The van der Waals surface area contributed by atoms with Crippen LogP contribution in [-0.4, -0.2) is 63.0 Å². The number of carbonyl (C=O) groups is 2. The highest BCUT2D eigenvalue weighted by Crippen LogP contribution is 2.15. The van der Waals surface area contributed by atoms with Crippen molar-refractivity contribution in [3.05, 3.63) is 51.7 Å². The molecule has 1 aliphatic rings. The lowest BCUT2D eigenvalue weighted by atomic mass is 10.1. The van der Waals surface area contributed by atoms with Crippen LogP contribution in [0, 0.1) is 6.92 Å². The molecule has 3 N–H and O–H groups in total. The fraction of sp³-hybridized carbons (Fsp3) is 0.478. The number of quaternary nitrogens is 2. The number of piperazine rings is 1. The Bertz CT molecular complexity index is 858. The van der Waals surface area contributed by atoms with Crippen molar-refractivity contribution in [3.8, 4) is 0 Å². The molecule has 1 aromatic carbocycles. The molecule has 2 aromatic rings. The van der Waals surface area contributed by atoms with Crippen LogP contribution in [0.3, 0.4) is 0 Å². The molecule has 1 aliphatic heterocycles. The van der Waals surface area contributed by atoms with Crippen molar-refractivity contribution >= 4 is 28.8 Å². The topological polar surface area (TPSA) is 58.3 Å². The maximum Gasteiger partial charge on any atom is 0.279 e. The molecule has 6 nitrogen and oxygen atoms in total. The van der Waals surface area contributed by atoms with E-state index in [0.717, 1.165) is 50.4 Å². The summed E-state index contributed by atoms with van der Waals surface area (Å²) in [5.41, 5.74) is 3.37. The minimum Gasteiger partial charge on any atom is -0.327 e. The molecule has 0 aliphatic carbocycles. The minimum atomic E-state index is 0.0428. The first-order valence-corrected chi connectivity index (χ1v) is 11.7. The molecule has 0 radical (unpaired) electrons. The first kappa shape index (κ1) is 22.5. The van der Waals surface area contributed by atoms with Gasteiger partial charge in [0.2, 0.25) is 0 Å². The molecule has 7 heteroatoms. The van der Waals surface area contributed by atoms with E-state index in [0.29, 0.717) is 13.1 Å². The summed E-state index contributed by atoms with van der Waals surface area (Å²) in [4.78, 5) is 30.9. The number of nitrogens with one attached hydrogen (secondary N) is 3. The molecular weight excluding hydrogens is 396 g/mol. The molecule has 30 heavy (non-hydrogen) atoms. The monoisotopic (exact) mass is 430 g/mol. The third-order valence-electron chi connectivity index (χ3n) is 5.79. The fourth-order valence-electron chi connectivity index (χ4n) is 3.91. The number of hydrogen-bond donors (Lipinski definition) is 3. The molecule has 0 spiro atoms. The van der Waals surface area contributed by atoms with E-state index in [9.17, 15) is 9.59 Å². The van der Waals surface area contributed by atoms with Gasteiger partial charge in [0, 0.05) is 5.69 Å². The predicted molar refractivity (Wildman–Crippen MR) is 121 cm³/mol. The van der Waals surface area contributed by atoms with Gasteiger partial charge in [-0.05, 0) is 42.0 Å². The van der Waals surface area contributed by atoms with Gasteiger partial charge < -0.3 is 20.0 Å². The predicted octanol–water partition coefficient (Wildman–Crippen LogP) is -0.000580. The van der Waals surface area contributed by atoms with Crippen LogP contribution in [0.25, 0.3) is 0 Å². The number of amides is 2. The van der Waals surface area contributed by atoms with Crippen molar-refractivity contribution in [2.24, 2.45) is 0 Å². The van der Waals surface area contributed by atoms with Crippen LogP contribution in [-0.2, 0) is 22.6 Å². The van der Waals surface area contributed by atoms with Crippen LogP contribution in [0.15, 0.2) is 35.7 Å². The second-order valence-electron chi connectivity index (χ2n) is 8.20. The van der Waals surface area contributed by atoms with Gasteiger partial charge in [-0.3, -0.25) is 9.59 Å². The number of likely N-dealkylation sites (N-methyl/N-ethyl adjacent to an activating group) is 1. The summed E-state index contributed by atoms with van der Waals surface area (Å²) in [6.45, 7) is 9.14. The normalized spacial score (nSPS) is 15.8. The van der Waals surface area contributed by atoms with Gasteiger partial charge in [-0.15, -0.1) is 11.3 Å². The van der Waals surface area contributed by atoms with Gasteiger partial charge in [-0.25, -0.2) is 0 Å². The summed E-state index contributed by atoms with van der Waals surface area (Å²) in [6, 6.07) is 10.1. The Morgan fingerprint density at radius 1 is 1.20 bits per heavy atom. The van der Waals surface area contributed by atoms with Crippen molar-refractivity contribution in [1.82, 2.24) is 4.90 Å². The van der Waals surface area contributed by atoms with Crippen LogP contribution >= 0.6 is 11.3 Å². The first-order valence-electron chi connectivity index (χ1n) is 10.8. The number of hydrogen-bond acceptors (Lipinski definition) is 3. The average molecular weight is 431 g/mol. The average Bonchev–Trinajstić information content (AvgIpc) is 3.13. The minimum absolute atomic E-state index is 0.0428. The summed E-state index contributed by atoms with van der Waals surface area (Å²) < 4.78 is 0. The van der Waals surface area contributed by atoms with Gasteiger partial charge in [-0.1, -0.05) is 25.1 Å². The lowest BCUT2D eigenvalue weighted by Gasteiger charge is -2.32. The van der Waals surface area contributed by atoms with Crippen molar-refractivity contribution in [2.45, 2.75) is 26.8 Å². The maximum absolute atomic E-state index is 12.7. The van der Waals surface area contributed by atoms with Gasteiger partial charge in [0.1, 0.15) is 6.54 Å². The van der Waals surface area contributed by atoms with Crippen LogP contribution < -0.4 is 15.1 Å². The summed E-state index contributed by atoms with van der Waals surface area (Å²) >= 11 is 1.76. The number of carbonyl (C=O) groups excluding carboxylic acids is 2. The third-order valence-corrected chi connectivity index (χ3v) is 6.81. The van der Waals surface area contributed by atoms with Crippen molar-refractivity contribution in [1.29, 1.82) is 0 Å². The molecule has 2 heterocycles. The van der Waals surface area contributed by atoms with Gasteiger partial charge in [-0.2, -0.15) is 0 Å². The van der Waals surface area contributed by atoms with Crippen LogP contribution in [0.1, 0.15) is 22.9 Å². The number of aryl methyl sites for hydroxylation is 2. The molecule has 2 amide bonds. The Morgan fingerprint density at radius 3 is 2.60 bits per heavy atom. The molecule has 162 valence electrons. The molecule has 1 saturated heterocycles. The second-order valence-corrected chi connectivity index (χ2v) is 9.20. The lowest BCUT2D eigenvalue weighted by molar-refractivity contribution is -0.896. The lowest BCUT2D eigenvalue weighted by Crippen LogP contribution is -3.16. The summed E-state index contributed by atoms with van der Waals surface area (Å²) in [6.07, 6.45) is 0.895. The molecule has 3 rings (SSSR count). The van der Waals surface area contributed by atoms with Crippen molar-refractivity contribution in [3.63, 3.8) is 0 Å².